The van der Waals surface area contributed by atoms with Gasteiger partial charge < -0.3 is 9.15 Å². The van der Waals surface area contributed by atoms with Crippen LogP contribution >= 0.6 is 0 Å². The molecule has 0 N–H and O–H groups in total. The fourth-order valence-corrected chi connectivity index (χ4v) is 1.85. The summed E-state index contributed by atoms with van der Waals surface area (Å²) in [6.07, 6.45) is 1.66. The molecule has 0 bridgehead atoms. The molecule has 0 saturated heterocycles. The van der Waals surface area contributed by atoms with Crippen LogP contribution in [0, 0.1) is 0 Å². The largest absolute Gasteiger partial charge is 0.497 e. The number of nitrogens with zero attached hydrogens (tertiary/aromatic N) is 1. The monoisotopic (exact) mass is 227 g/mol. The van der Waals surface area contributed by atoms with Gasteiger partial charge in [-0.25, -0.2) is 4.79 Å². The first kappa shape index (κ1) is 9.84. The molecule has 0 fully saturated rings. The quantitative estimate of drug-likeness (QED) is 0.473. The first-order valence-corrected chi connectivity index (χ1v) is 5.15. The molecule has 84 valence electrons. The molecule has 3 aromatic rings. The average Bonchev–Trinajstić information content (AvgIpc) is 2.38. The highest BCUT2D eigenvalue weighted by atomic mass is 16.5. The lowest BCUT2D eigenvalue weighted by molar-refractivity contribution is 0.414. The molecule has 0 radical (unpaired) electrons. The van der Waals surface area contributed by atoms with E-state index in [0.717, 1.165) is 5.39 Å². The Morgan fingerprint density at radius 1 is 1.24 bits per heavy atom. The van der Waals surface area contributed by atoms with Crippen molar-refractivity contribution in [1.82, 2.24) is 4.98 Å². The van der Waals surface area contributed by atoms with Gasteiger partial charge in [-0.15, -0.1) is 0 Å². The smallest absolute Gasteiger partial charge is 0.345 e. The van der Waals surface area contributed by atoms with Crippen molar-refractivity contribution >= 4 is 21.9 Å². The van der Waals surface area contributed by atoms with E-state index in [9.17, 15) is 4.79 Å². The molecular weight excluding hydrogens is 218 g/mol. The summed E-state index contributed by atoms with van der Waals surface area (Å²) in [4.78, 5) is 16.0. The maximum absolute atomic E-state index is 11.7. The summed E-state index contributed by atoms with van der Waals surface area (Å²) in [5, 5.41) is 1.30. The van der Waals surface area contributed by atoms with Crippen molar-refractivity contribution < 1.29 is 9.15 Å². The van der Waals surface area contributed by atoms with Crippen LogP contribution in [0.5, 0.6) is 5.75 Å². The predicted molar refractivity (Wildman–Crippen MR) is 64.3 cm³/mol. The van der Waals surface area contributed by atoms with Crippen molar-refractivity contribution in [3.05, 3.63) is 46.9 Å². The number of ether oxygens (including phenoxy) is 1. The third-order valence-electron chi connectivity index (χ3n) is 2.67. The van der Waals surface area contributed by atoms with Crippen LogP contribution in [0.4, 0.5) is 0 Å². The lowest BCUT2D eigenvalue weighted by Gasteiger charge is -2.03. The molecule has 0 aliphatic carbocycles. The summed E-state index contributed by atoms with van der Waals surface area (Å²) in [6, 6.07) is 8.76. The Morgan fingerprint density at radius 2 is 2.12 bits per heavy atom. The number of benzene rings is 1. The summed E-state index contributed by atoms with van der Waals surface area (Å²) >= 11 is 0. The number of aromatic nitrogens is 1. The van der Waals surface area contributed by atoms with Crippen LogP contribution in [-0.2, 0) is 0 Å². The maximum atomic E-state index is 11.7. The van der Waals surface area contributed by atoms with Crippen molar-refractivity contribution in [2.75, 3.05) is 7.11 Å². The van der Waals surface area contributed by atoms with Gasteiger partial charge >= 0.3 is 5.63 Å². The molecule has 0 amide bonds. The molecule has 17 heavy (non-hydrogen) atoms. The minimum absolute atomic E-state index is 0.381. The standard InChI is InChI=1S/C13H9NO3/c1-16-8-4-5-9-11(7-8)17-13(15)10-3-2-6-14-12(9)10/h2-7H,1H3. The van der Waals surface area contributed by atoms with Crippen LogP contribution < -0.4 is 10.4 Å². The van der Waals surface area contributed by atoms with Gasteiger partial charge in [-0.3, -0.25) is 4.98 Å². The van der Waals surface area contributed by atoms with Crippen LogP contribution in [0.3, 0.4) is 0 Å². The zero-order valence-electron chi connectivity index (χ0n) is 9.14. The number of hydrogen-bond acceptors (Lipinski definition) is 4. The normalized spacial score (nSPS) is 10.9. The van der Waals surface area contributed by atoms with Gasteiger partial charge in [0.25, 0.3) is 0 Å². The minimum Gasteiger partial charge on any atom is -0.497 e. The van der Waals surface area contributed by atoms with Gasteiger partial charge in [-0.05, 0) is 24.3 Å². The van der Waals surface area contributed by atoms with E-state index in [4.69, 9.17) is 9.15 Å². The zero-order valence-corrected chi connectivity index (χ0v) is 9.14. The molecule has 0 unspecified atom stereocenters. The molecule has 2 heterocycles. The van der Waals surface area contributed by atoms with Crippen molar-refractivity contribution in [2.24, 2.45) is 0 Å². The van der Waals surface area contributed by atoms with Gasteiger partial charge in [0.2, 0.25) is 0 Å². The van der Waals surface area contributed by atoms with Gasteiger partial charge in [0.1, 0.15) is 11.3 Å². The van der Waals surface area contributed by atoms with Crippen LogP contribution in [-0.4, -0.2) is 12.1 Å². The molecule has 0 aliphatic heterocycles. The summed E-state index contributed by atoms with van der Waals surface area (Å²) in [7, 11) is 1.57. The SMILES string of the molecule is COc1ccc2c(c1)oc(=O)c1cccnc12. The van der Waals surface area contributed by atoms with Crippen molar-refractivity contribution in [1.29, 1.82) is 0 Å². The van der Waals surface area contributed by atoms with Crippen molar-refractivity contribution in [3.8, 4) is 5.75 Å². The number of methoxy groups -OCH3 is 1. The summed E-state index contributed by atoms with van der Waals surface area (Å²) < 4.78 is 10.3. The van der Waals surface area contributed by atoms with Crippen molar-refractivity contribution in [3.63, 3.8) is 0 Å². The van der Waals surface area contributed by atoms with Gasteiger partial charge in [-0.2, -0.15) is 0 Å². The van der Waals surface area contributed by atoms with Crippen molar-refractivity contribution in [2.45, 2.75) is 0 Å². The van der Waals surface area contributed by atoms with E-state index in [1.165, 1.54) is 0 Å². The molecule has 0 atom stereocenters. The van der Waals surface area contributed by atoms with E-state index in [0.29, 0.717) is 22.2 Å². The Balaban J connectivity index is 2.53. The number of rotatable bonds is 1. The third-order valence-corrected chi connectivity index (χ3v) is 2.67. The lowest BCUT2D eigenvalue weighted by Crippen LogP contribution is -2.00. The highest BCUT2D eigenvalue weighted by molar-refractivity contribution is 6.01. The Morgan fingerprint density at radius 3 is 2.94 bits per heavy atom. The molecule has 0 aliphatic rings. The van der Waals surface area contributed by atoms with E-state index in [2.05, 4.69) is 4.98 Å². The average molecular weight is 227 g/mol. The van der Waals surface area contributed by atoms with E-state index < -0.39 is 0 Å². The molecular formula is C13H9NO3. The van der Waals surface area contributed by atoms with Gasteiger partial charge in [0, 0.05) is 17.6 Å². The molecule has 0 spiro atoms. The first-order chi connectivity index (χ1) is 8.29. The first-order valence-electron chi connectivity index (χ1n) is 5.15. The van der Waals surface area contributed by atoms with E-state index >= 15 is 0 Å². The van der Waals surface area contributed by atoms with Gasteiger partial charge in [-0.1, -0.05) is 0 Å². The second-order valence-corrected chi connectivity index (χ2v) is 3.65. The second kappa shape index (κ2) is 3.59. The highest BCUT2D eigenvalue weighted by Crippen LogP contribution is 2.24. The Kier molecular flexibility index (Phi) is 2.08. The molecule has 4 nitrogen and oxygen atoms in total. The number of fused-ring (bicyclic) bond motifs is 3. The van der Waals surface area contributed by atoms with Crippen LogP contribution in [0.1, 0.15) is 0 Å². The molecule has 4 heteroatoms. The maximum Gasteiger partial charge on any atom is 0.345 e. The van der Waals surface area contributed by atoms with Gasteiger partial charge in [0.15, 0.2) is 0 Å². The van der Waals surface area contributed by atoms with E-state index in [1.807, 2.05) is 12.1 Å². The summed E-state index contributed by atoms with van der Waals surface area (Å²) in [5.41, 5.74) is 0.760. The fraction of sp³-hybridized carbons (Fsp3) is 0.0769. The van der Waals surface area contributed by atoms with E-state index in [1.54, 1.807) is 31.5 Å². The van der Waals surface area contributed by atoms with Crippen LogP contribution in [0.15, 0.2) is 45.7 Å². The molecule has 2 aromatic heterocycles. The topological polar surface area (TPSA) is 52.3 Å². The fourth-order valence-electron chi connectivity index (χ4n) is 1.85. The number of hydrogen-bond donors (Lipinski definition) is 0. The highest BCUT2D eigenvalue weighted by Gasteiger charge is 2.08. The molecule has 3 rings (SSSR count). The van der Waals surface area contributed by atoms with Gasteiger partial charge in [0.05, 0.1) is 18.0 Å². The summed E-state index contributed by atoms with van der Waals surface area (Å²) in [6.45, 7) is 0. The zero-order chi connectivity index (χ0) is 11.8. The second-order valence-electron chi connectivity index (χ2n) is 3.65. The minimum atomic E-state index is -0.381. The van der Waals surface area contributed by atoms with Crippen LogP contribution in [0.25, 0.3) is 21.9 Å². The lowest BCUT2D eigenvalue weighted by atomic mass is 10.1. The molecule has 0 saturated carbocycles. The van der Waals surface area contributed by atoms with Crippen LogP contribution in [0.2, 0.25) is 0 Å². The Labute approximate surface area is 96.5 Å². The Bertz CT molecular complexity index is 761. The summed E-state index contributed by atoms with van der Waals surface area (Å²) in [5.74, 6) is 0.649. The molecule has 1 aromatic carbocycles. The third kappa shape index (κ3) is 1.45. The predicted octanol–water partition coefficient (Wildman–Crippen LogP) is 2.35. The Hall–Kier alpha value is -2.36. The van der Waals surface area contributed by atoms with E-state index in [-0.39, 0.29) is 5.63 Å². The number of pyridine rings is 1.